The third kappa shape index (κ3) is 4.40. The molecular weight excluding hydrogens is 479 g/mol. The number of benzene rings is 2. The highest BCUT2D eigenvalue weighted by Gasteiger charge is 2.49. The quantitative estimate of drug-likeness (QED) is 0.488. The van der Waals surface area contributed by atoms with E-state index in [4.69, 9.17) is 9.47 Å². The van der Waals surface area contributed by atoms with Crippen molar-refractivity contribution in [2.45, 2.75) is 24.3 Å². The van der Waals surface area contributed by atoms with Gasteiger partial charge in [-0.3, -0.25) is 4.79 Å². The van der Waals surface area contributed by atoms with Gasteiger partial charge in [-0.2, -0.15) is 0 Å². The predicted molar refractivity (Wildman–Crippen MR) is 136 cm³/mol. The first-order chi connectivity index (χ1) is 17.9. The minimum Gasteiger partial charge on any atom is -0.497 e. The Hall–Kier alpha value is -3.63. The van der Waals surface area contributed by atoms with Crippen LogP contribution in [0, 0.1) is 5.82 Å². The number of urea groups is 1. The molecular formula is C27H31FN4O5. The molecule has 5 rings (SSSR count). The first-order valence-corrected chi connectivity index (χ1v) is 12.3. The molecule has 0 radical (unpaired) electrons. The standard InChI is InChI=1S/C27H31FN4O5/c1-36-15-23(34)31-11-9-27(10-12-31)16-32(26(35)30-20-6-4-3-5-19(20)28)22(14-33)25-24(27)18-8-7-17(37-2)13-21(18)29-25/h3-8,13,22,29,33H,9-12,14-16H2,1-2H3,(H,30,35)/t22-/m1/s1. The SMILES string of the molecule is COCC(=O)N1CCC2(CC1)CN(C(=O)Nc1ccccc1F)[C@H](CO)c1[nH]c3cc(OC)ccc3c12. The number of methoxy groups -OCH3 is 2. The summed E-state index contributed by atoms with van der Waals surface area (Å²) in [5.74, 6) is 0.0840. The van der Waals surface area contributed by atoms with Crippen LogP contribution in [0.4, 0.5) is 14.9 Å². The van der Waals surface area contributed by atoms with Gasteiger partial charge in [0.1, 0.15) is 18.2 Å². The molecule has 1 fully saturated rings. The van der Waals surface area contributed by atoms with Gasteiger partial charge in [-0.15, -0.1) is 0 Å². The molecule has 0 unspecified atom stereocenters. The number of rotatable bonds is 5. The van der Waals surface area contributed by atoms with Crippen molar-refractivity contribution >= 4 is 28.5 Å². The van der Waals surface area contributed by atoms with Crippen LogP contribution < -0.4 is 10.1 Å². The number of piperidine rings is 1. The number of aliphatic hydroxyl groups is 1. The summed E-state index contributed by atoms with van der Waals surface area (Å²) in [4.78, 5) is 32.8. The number of aromatic nitrogens is 1. The van der Waals surface area contributed by atoms with Gasteiger partial charge in [0, 0.05) is 54.8 Å². The lowest BCUT2D eigenvalue weighted by Gasteiger charge is -2.50. The maximum atomic E-state index is 14.3. The number of H-pyrrole nitrogens is 1. The monoisotopic (exact) mass is 510 g/mol. The molecule has 196 valence electrons. The van der Waals surface area contributed by atoms with Gasteiger partial charge in [0.2, 0.25) is 5.91 Å². The Morgan fingerprint density at radius 3 is 2.62 bits per heavy atom. The van der Waals surface area contributed by atoms with E-state index in [0.29, 0.717) is 38.2 Å². The summed E-state index contributed by atoms with van der Waals surface area (Å²) in [6.45, 7) is 1.05. The Bertz CT molecular complexity index is 1320. The van der Waals surface area contributed by atoms with Crippen molar-refractivity contribution in [3.05, 3.63) is 59.5 Å². The van der Waals surface area contributed by atoms with Crippen LogP contribution in [0.15, 0.2) is 42.5 Å². The Morgan fingerprint density at radius 2 is 1.95 bits per heavy atom. The number of aromatic amines is 1. The first kappa shape index (κ1) is 25.0. The van der Waals surface area contributed by atoms with Crippen LogP contribution >= 0.6 is 0 Å². The predicted octanol–water partition coefficient (Wildman–Crippen LogP) is 3.40. The van der Waals surface area contributed by atoms with Gasteiger partial charge < -0.3 is 34.7 Å². The molecule has 2 aliphatic rings. The zero-order chi connectivity index (χ0) is 26.2. The van der Waals surface area contributed by atoms with E-state index >= 15 is 0 Å². The number of halogens is 1. The van der Waals surface area contributed by atoms with Crippen LogP contribution in [0.2, 0.25) is 0 Å². The number of likely N-dealkylation sites (tertiary alicyclic amines) is 1. The number of aliphatic hydroxyl groups excluding tert-OH is 1. The first-order valence-electron chi connectivity index (χ1n) is 12.3. The van der Waals surface area contributed by atoms with Gasteiger partial charge in [0.05, 0.1) is 25.4 Å². The van der Waals surface area contributed by atoms with E-state index in [1.807, 2.05) is 18.2 Å². The van der Waals surface area contributed by atoms with E-state index < -0.39 is 23.3 Å². The van der Waals surface area contributed by atoms with Crippen molar-refractivity contribution < 1.29 is 28.6 Å². The van der Waals surface area contributed by atoms with Gasteiger partial charge in [0.15, 0.2) is 0 Å². The number of amides is 3. The molecule has 1 spiro atoms. The van der Waals surface area contributed by atoms with Crippen molar-refractivity contribution in [2.24, 2.45) is 0 Å². The zero-order valence-electron chi connectivity index (χ0n) is 20.9. The van der Waals surface area contributed by atoms with E-state index in [-0.39, 0.29) is 24.8 Å². The number of ether oxygens (including phenoxy) is 2. The third-order valence-corrected chi connectivity index (χ3v) is 7.64. The highest BCUT2D eigenvalue weighted by molar-refractivity contribution is 5.92. The summed E-state index contributed by atoms with van der Waals surface area (Å²) in [6, 6.07) is 10.6. The van der Waals surface area contributed by atoms with E-state index in [9.17, 15) is 19.1 Å². The van der Waals surface area contributed by atoms with Crippen LogP contribution in [-0.2, 0) is 14.9 Å². The third-order valence-electron chi connectivity index (χ3n) is 7.64. The van der Waals surface area contributed by atoms with Crippen molar-refractivity contribution in [1.29, 1.82) is 0 Å². The molecule has 1 saturated heterocycles. The minimum absolute atomic E-state index is 0.0227. The minimum atomic E-state index is -0.654. The lowest BCUT2D eigenvalue weighted by molar-refractivity contribution is -0.137. The van der Waals surface area contributed by atoms with Crippen molar-refractivity contribution in [3.63, 3.8) is 0 Å². The highest BCUT2D eigenvalue weighted by Crippen LogP contribution is 2.49. The number of nitrogens with one attached hydrogen (secondary N) is 2. The van der Waals surface area contributed by atoms with Crippen LogP contribution in [0.25, 0.3) is 10.9 Å². The maximum Gasteiger partial charge on any atom is 0.322 e. The largest absolute Gasteiger partial charge is 0.497 e. The van der Waals surface area contributed by atoms with Gasteiger partial charge in [-0.1, -0.05) is 12.1 Å². The number of hydrogen-bond acceptors (Lipinski definition) is 5. The number of hydrogen-bond donors (Lipinski definition) is 3. The van der Waals surface area contributed by atoms with E-state index in [0.717, 1.165) is 22.2 Å². The molecule has 3 heterocycles. The Kier molecular flexibility index (Phi) is 6.78. The lowest BCUT2D eigenvalue weighted by atomic mass is 9.68. The average molecular weight is 511 g/mol. The number of carbonyl (C=O) groups is 2. The number of anilines is 1. The fourth-order valence-corrected chi connectivity index (χ4v) is 5.78. The number of carbonyl (C=O) groups excluding carboxylic acids is 2. The highest BCUT2D eigenvalue weighted by atomic mass is 19.1. The molecule has 2 aliphatic heterocycles. The van der Waals surface area contributed by atoms with Crippen molar-refractivity contribution in [1.82, 2.24) is 14.8 Å². The van der Waals surface area contributed by atoms with Gasteiger partial charge in [0.25, 0.3) is 0 Å². The lowest BCUT2D eigenvalue weighted by Crippen LogP contribution is -2.56. The summed E-state index contributed by atoms with van der Waals surface area (Å²) in [7, 11) is 3.10. The van der Waals surface area contributed by atoms with Gasteiger partial charge in [-0.25, -0.2) is 9.18 Å². The summed E-state index contributed by atoms with van der Waals surface area (Å²) in [5.41, 5.74) is 2.25. The molecule has 1 atom stereocenters. The molecule has 10 heteroatoms. The molecule has 9 nitrogen and oxygen atoms in total. The van der Waals surface area contributed by atoms with Gasteiger partial charge in [-0.05, 0) is 42.7 Å². The van der Waals surface area contributed by atoms with E-state index in [2.05, 4.69) is 10.3 Å². The topological polar surface area (TPSA) is 107 Å². The van der Waals surface area contributed by atoms with Crippen LogP contribution in [0.3, 0.4) is 0 Å². The second-order valence-corrected chi connectivity index (χ2v) is 9.66. The number of fused-ring (bicyclic) bond motifs is 4. The number of para-hydroxylation sites is 1. The molecule has 1 aromatic heterocycles. The second-order valence-electron chi connectivity index (χ2n) is 9.66. The molecule has 0 saturated carbocycles. The molecule has 37 heavy (non-hydrogen) atoms. The van der Waals surface area contributed by atoms with Crippen LogP contribution in [0.5, 0.6) is 5.75 Å². The molecule has 3 amide bonds. The normalized spacial score (nSPS) is 18.6. The average Bonchev–Trinajstić information content (AvgIpc) is 3.30. The molecule has 3 N–H and O–H groups in total. The Morgan fingerprint density at radius 1 is 1.19 bits per heavy atom. The fraction of sp³-hybridized carbons (Fsp3) is 0.407. The second kappa shape index (κ2) is 10.0. The Labute approximate surface area is 214 Å². The molecule has 0 bridgehead atoms. The summed E-state index contributed by atoms with van der Waals surface area (Å²) >= 11 is 0. The van der Waals surface area contributed by atoms with Crippen molar-refractivity contribution in [2.75, 3.05) is 52.4 Å². The summed E-state index contributed by atoms with van der Waals surface area (Å²) < 4.78 is 24.8. The van der Waals surface area contributed by atoms with E-state index in [1.54, 1.807) is 29.0 Å². The summed E-state index contributed by atoms with van der Waals surface area (Å²) in [6.07, 6.45) is 1.24. The number of nitrogens with zero attached hydrogens (tertiary/aromatic N) is 2. The molecule has 2 aromatic carbocycles. The Balaban J connectivity index is 1.56. The molecule has 3 aromatic rings. The maximum absolute atomic E-state index is 14.3. The van der Waals surface area contributed by atoms with E-state index in [1.165, 1.54) is 19.2 Å². The fourth-order valence-electron chi connectivity index (χ4n) is 5.78. The summed E-state index contributed by atoms with van der Waals surface area (Å²) in [5, 5.41) is 14.1. The smallest absolute Gasteiger partial charge is 0.322 e. The van der Waals surface area contributed by atoms with Crippen molar-refractivity contribution in [3.8, 4) is 5.75 Å². The van der Waals surface area contributed by atoms with Crippen LogP contribution in [-0.4, -0.2) is 78.9 Å². The zero-order valence-corrected chi connectivity index (χ0v) is 20.9. The molecule has 0 aliphatic carbocycles. The van der Waals surface area contributed by atoms with Crippen LogP contribution in [0.1, 0.15) is 30.1 Å². The van der Waals surface area contributed by atoms with Gasteiger partial charge >= 0.3 is 6.03 Å².